The second-order valence-electron chi connectivity index (χ2n) is 4.60. The van der Waals surface area contributed by atoms with E-state index in [-0.39, 0.29) is 30.4 Å². The molecule has 7 nitrogen and oxygen atoms in total. The number of benzene rings is 1. The number of carbonyl (C=O) groups excluding carboxylic acids is 1. The van der Waals surface area contributed by atoms with Crippen molar-refractivity contribution in [3.63, 3.8) is 0 Å². The molecule has 0 unspecified atom stereocenters. The second kappa shape index (κ2) is 7.24. The van der Waals surface area contributed by atoms with Gasteiger partial charge in [0.2, 0.25) is 5.91 Å². The largest absolute Gasteiger partial charge is 0.486 e. The average molecular weight is 314 g/mol. The summed E-state index contributed by atoms with van der Waals surface area (Å²) >= 11 is 5.80. The van der Waals surface area contributed by atoms with E-state index in [0.29, 0.717) is 18.1 Å². The first-order chi connectivity index (χ1) is 10.1. The maximum Gasteiger partial charge on any atom is 0.311 e. The van der Waals surface area contributed by atoms with Crippen LogP contribution in [0.5, 0.6) is 5.75 Å². The molecular weight excluding hydrogens is 298 g/mol. The van der Waals surface area contributed by atoms with E-state index in [2.05, 4.69) is 5.32 Å². The van der Waals surface area contributed by atoms with E-state index in [1.807, 2.05) is 0 Å². The van der Waals surface area contributed by atoms with Gasteiger partial charge in [-0.25, -0.2) is 0 Å². The van der Waals surface area contributed by atoms with Gasteiger partial charge in [-0.1, -0.05) is 11.6 Å². The zero-order valence-electron chi connectivity index (χ0n) is 11.4. The van der Waals surface area contributed by atoms with Gasteiger partial charge in [-0.2, -0.15) is 0 Å². The maximum atomic E-state index is 11.9. The van der Waals surface area contributed by atoms with Gasteiger partial charge in [-0.3, -0.25) is 14.9 Å². The van der Waals surface area contributed by atoms with Gasteiger partial charge >= 0.3 is 5.69 Å². The Morgan fingerprint density at radius 3 is 2.81 bits per heavy atom. The summed E-state index contributed by atoms with van der Waals surface area (Å²) in [6.45, 7) is 3.01. The van der Waals surface area contributed by atoms with E-state index in [0.717, 1.165) is 13.1 Å². The summed E-state index contributed by atoms with van der Waals surface area (Å²) in [5.74, 6) is 0.0711. The van der Waals surface area contributed by atoms with Gasteiger partial charge in [0.1, 0.15) is 0 Å². The van der Waals surface area contributed by atoms with Gasteiger partial charge < -0.3 is 15.0 Å². The van der Waals surface area contributed by atoms with Crippen LogP contribution in [-0.4, -0.2) is 48.5 Å². The van der Waals surface area contributed by atoms with Crippen molar-refractivity contribution in [2.45, 2.75) is 6.42 Å². The Labute approximate surface area is 127 Å². The minimum Gasteiger partial charge on any atom is -0.486 e. The van der Waals surface area contributed by atoms with Crippen LogP contribution < -0.4 is 10.1 Å². The highest BCUT2D eigenvalue weighted by molar-refractivity contribution is 6.30. The first-order valence-corrected chi connectivity index (χ1v) is 7.01. The molecule has 0 radical (unpaired) electrons. The fourth-order valence-corrected chi connectivity index (χ4v) is 2.24. The van der Waals surface area contributed by atoms with Crippen molar-refractivity contribution in [2.24, 2.45) is 0 Å². The number of halogens is 1. The van der Waals surface area contributed by atoms with Crippen LogP contribution >= 0.6 is 11.6 Å². The third-order valence-electron chi connectivity index (χ3n) is 3.16. The summed E-state index contributed by atoms with van der Waals surface area (Å²) < 4.78 is 5.35. The van der Waals surface area contributed by atoms with E-state index in [1.165, 1.54) is 18.2 Å². The summed E-state index contributed by atoms with van der Waals surface area (Å²) in [4.78, 5) is 24.0. The molecule has 0 aromatic heterocycles. The number of rotatable bonds is 5. The van der Waals surface area contributed by atoms with E-state index in [9.17, 15) is 14.9 Å². The van der Waals surface area contributed by atoms with Crippen molar-refractivity contribution >= 4 is 23.2 Å². The van der Waals surface area contributed by atoms with Crippen LogP contribution in [0.25, 0.3) is 0 Å². The third kappa shape index (κ3) is 4.30. The number of piperazine rings is 1. The predicted molar refractivity (Wildman–Crippen MR) is 77.7 cm³/mol. The molecule has 1 aliphatic rings. The molecular formula is C13H16ClN3O4. The van der Waals surface area contributed by atoms with E-state index in [4.69, 9.17) is 16.3 Å². The van der Waals surface area contributed by atoms with Gasteiger partial charge in [-0.05, 0) is 6.07 Å². The molecule has 1 amide bonds. The number of hydrogen-bond donors (Lipinski definition) is 1. The molecule has 2 rings (SSSR count). The van der Waals surface area contributed by atoms with Crippen molar-refractivity contribution in [3.8, 4) is 5.75 Å². The fourth-order valence-electron chi connectivity index (χ4n) is 2.08. The van der Waals surface area contributed by atoms with E-state index in [1.54, 1.807) is 4.90 Å². The van der Waals surface area contributed by atoms with Crippen LogP contribution in [0, 0.1) is 10.1 Å². The van der Waals surface area contributed by atoms with Gasteiger partial charge in [0.25, 0.3) is 0 Å². The molecule has 0 atom stereocenters. The van der Waals surface area contributed by atoms with Crippen LogP contribution in [0.1, 0.15) is 6.42 Å². The smallest absolute Gasteiger partial charge is 0.311 e. The molecule has 1 heterocycles. The number of carbonyl (C=O) groups is 1. The molecule has 1 N–H and O–H groups in total. The number of ether oxygens (including phenoxy) is 1. The molecule has 1 aliphatic heterocycles. The zero-order valence-corrected chi connectivity index (χ0v) is 12.1. The molecule has 8 heteroatoms. The Kier molecular flexibility index (Phi) is 5.35. The van der Waals surface area contributed by atoms with Gasteiger partial charge in [0.05, 0.1) is 18.0 Å². The van der Waals surface area contributed by atoms with Crippen LogP contribution in [0.15, 0.2) is 18.2 Å². The van der Waals surface area contributed by atoms with Crippen LogP contribution in [0.2, 0.25) is 5.02 Å². The summed E-state index contributed by atoms with van der Waals surface area (Å²) in [6, 6.07) is 4.10. The molecule has 0 saturated carbocycles. The molecule has 1 saturated heterocycles. The molecule has 0 spiro atoms. The molecule has 0 bridgehead atoms. The number of nitrogens with one attached hydrogen (secondary N) is 1. The number of hydrogen-bond acceptors (Lipinski definition) is 5. The Morgan fingerprint density at radius 1 is 1.43 bits per heavy atom. The lowest BCUT2D eigenvalue weighted by Gasteiger charge is -2.27. The van der Waals surface area contributed by atoms with Crippen molar-refractivity contribution in [3.05, 3.63) is 33.3 Å². The Balaban J connectivity index is 1.89. The molecule has 21 heavy (non-hydrogen) atoms. The second-order valence-corrected chi connectivity index (χ2v) is 5.03. The average Bonchev–Trinajstić information content (AvgIpc) is 2.48. The van der Waals surface area contributed by atoms with Gasteiger partial charge in [-0.15, -0.1) is 0 Å². The highest BCUT2D eigenvalue weighted by Gasteiger charge is 2.18. The molecule has 1 aromatic rings. The van der Waals surface area contributed by atoms with Gasteiger partial charge in [0, 0.05) is 43.3 Å². The molecule has 0 aliphatic carbocycles. The minimum absolute atomic E-state index is 0.0128. The quantitative estimate of drug-likeness (QED) is 0.657. The van der Waals surface area contributed by atoms with Crippen molar-refractivity contribution in [2.75, 3.05) is 32.8 Å². The molecule has 1 fully saturated rings. The Bertz CT molecular complexity index is 532. The monoisotopic (exact) mass is 313 g/mol. The Morgan fingerprint density at radius 2 is 2.14 bits per heavy atom. The third-order valence-corrected chi connectivity index (χ3v) is 3.40. The first kappa shape index (κ1) is 15.5. The Hall–Kier alpha value is -1.86. The lowest BCUT2D eigenvalue weighted by atomic mass is 10.3. The summed E-state index contributed by atoms with van der Waals surface area (Å²) in [5.41, 5.74) is -0.158. The van der Waals surface area contributed by atoms with Crippen LogP contribution in [-0.2, 0) is 4.79 Å². The summed E-state index contributed by atoms with van der Waals surface area (Å²) in [7, 11) is 0. The normalized spacial score (nSPS) is 14.8. The number of amides is 1. The highest BCUT2D eigenvalue weighted by Crippen LogP contribution is 2.29. The van der Waals surface area contributed by atoms with E-state index >= 15 is 0 Å². The SMILES string of the molecule is O=C(CCOc1cc(Cl)ccc1[N+](=O)[O-])N1CCNCC1. The summed E-state index contributed by atoms with van der Waals surface area (Å²) in [6.07, 6.45) is 0.184. The van der Waals surface area contributed by atoms with E-state index < -0.39 is 4.92 Å². The van der Waals surface area contributed by atoms with Crippen LogP contribution in [0.3, 0.4) is 0 Å². The van der Waals surface area contributed by atoms with Crippen molar-refractivity contribution in [1.29, 1.82) is 0 Å². The maximum absolute atomic E-state index is 11.9. The highest BCUT2D eigenvalue weighted by atomic mass is 35.5. The predicted octanol–water partition coefficient (Wildman–Crippen LogP) is 1.45. The number of nitro groups is 1. The lowest BCUT2D eigenvalue weighted by molar-refractivity contribution is -0.385. The number of nitro benzene ring substituents is 1. The summed E-state index contributed by atoms with van der Waals surface area (Å²) in [5, 5.41) is 14.4. The minimum atomic E-state index is -0.538. The van der Waals surface area contributed by atoms with Crippen molar-refractivity contribution in [1.82, 2.24) is 10.2 Å². The zero-order chi connectivity index (χ0) is 15.2. The molecule has 114 valence electrons. The van der Waals surface area contributed by atoms with Gasteiger partial charge in [0.15, 0.2) is 5.75 Å². The fraction of sp³-hybridized carbons (Fsp3) is 0.462. The van der Waals surface area contributed by atoms with Crippen LogP contribution in [0.4, 0.5) is 5.69 Å². The lowest BCUT2D eigenvalue weighted by Crippen LogP contribution is -2.46. The number of nitrogens with zero attached hydrogens (tertiary/aromatic N) is 2. The first-order valence-electron chi connectivity index (χ1n) is 6.63. The topological polar surface area (TPSA) is 84.7 Å². The molecule has 1 aromatic carbocycles. The standard InChI is InChI=1S/C13H16ClN3O4/c14-10-1-2-11(17(19)20)12(9-10)21-8-3-13(18)16-6-4-15-5-7-16/h1-2,9,15H,3-8H2. The van der Waals surface area contributed by atoms with Crippen molar-refractivity contribution < 1.29 is 14.5 Å².